The van der Waals surface area contributed by atoms with E-state index in [1.165, 1.54) is 0 Å². The zero-order chi connectivity index (χ0) is 12.8. The number of methoxy groups -OCH3 is 1. The normalized spacial score (nSPS) is 21.3. The first-order chi connectivity index (χ1) is 8.06. The van der Waals surface area contributed by atoms with Crippen molar-refractivity contribution in [1.82, 2.24) is 9.80 Å². The third-order valence-corrected chi connectivity index (χ3v) is 3.17. The van der Waals surface area contributed by atoms with Gasteiger partial charge in [-0.2, -0.15) is 0 Å². The molecule has 0 bridgehead atoms. The number of likely N-dealkylation sites (N-methyl/N-ethyl adjacent to an activating group) is 1. The van der Waals surface area contributed by atoms with Gasteiger partial charge in [0.1, 0.15) is 0 Å². The van der Waals surface area contributed by atoms with Gasteiger partial charge in [-0.25, -0.2) is 0 Å². The molecule has 0 radical (unpaired) electrons. The molecule has 100 valence electrons. The average molecular weight is 244 g/mol. The van der Waals surface area contributed by atoms with Crippen molar-refractivity contribution in [2.45, 2.75) is 25.9 Å². The molecule has 1 atom stereocenters. The molecule has 5 heteroatoms. The van der Waals surface area contributed by atoms with Crippen molar-refractivity contribution in [3.8, 4) is 0 Å². The summed E-state index contributed by atoms with van der Waals surface area (Å²) in [6.07, 6.45) is 0. The van der Waals surface area contributed by atoms with Crippen molar-refractivity contribution in [3.63, 3.8) is 0 Å². The van der Waals surface area contributed by atoms with Gasteiger partial charge in [0.25, 0.3) is 0 Å². The Balaban J connectivity index is 2.52. The number of carbonyl (C=O) groups excluding carboxylic acids is 1. The molecule has 1 rings (SSSR count). The van der Waals surface area contributed by atoms with Crippen LogP contribution in [0.5, 0.6) is 0 Å². The minimum Gasteiger partial charge on any atom is -0.382 e. The molecule has 1 saturated heterocycles. The van der Waals surface area contributed by atoms with Crippen LogP contribution in [0.2, 0.25) is 0 Å². The predicted octanol–water partition coefficient (Wildman–Crippen LogP) is 0.200. The smallest absolute Gasteiger partial charge is 0.237 e. The van der Waals surface area contributed by atoms with Gasteiger partial charge in [0, 0.05) is 19.7 Å². The lowest BCUT2D eigenvalue weighted by molar-refractivity contribution is -0.143. The van der Waals surface area contributed by atoms with E-state index in [1.807, 2.05) is 16.8 Å². The zero-order valence-electron chi connectivity index (χ0n) is 11.3. The highest BCUT2D eigenvalue weighted by molar-refractivity contribution is 5.78. The first-order valence-corrected chi connectivity index (χ1v) is 6.12. The van der Waals surface area contributed by atoms with Crippen LogP contribution in [0.3, 0.4) is 0 Å². The Bertz CT molecular complexity index is 244. The van der Waals surface area contributed by atoms with Crippen LogP contribution in [0, 0.1) is 0 Å². The van der Waals surface area contributed by atoms with E-state index in [2.05, 4.69) is 13.8 Å². The molecule has 0 spiro atoms. The molecule has 1 amide bonds. The van der Waals surface area contributed by atoms with E-state index in [4.69, 9.17) is 9.47 Å². The Morgan fingerprint density at radius 2 is 2.29 bits per heavy atom. The summed E-state index contributed by atoms with van der Waals surface area (Å²) in [7, 11) is 3.62. The lowest BCUT2D eigenvalue weighted by Gasteiger charge is -2.36. The molecule has 0 aromatic heterocycles. The fourth-order valence-corrected chi connectivity index (χ4v) is 1.80. The van der Waals surface area contributed by atoms with Crippen LogP contribution in [0.25, 0.3) is 0 Å². The molecule has 0 saturated carbocycles. The monoisotopic (exact) mass is 244 g/mol. The van der Waals surface area contributed by atoms with Gasteiger partial charge in [0.05, 0.1) is 32.4 Å². The summed E-state index contributed by atoms with van der Waals surface area (Å²) in [4.78, 5) is 16.1. The maximum atomic E-state index is 12.2. The molecule has 1 aliphatic rings. The highest BCUT2D eigenvalue weighted by Crippen LogP contribution is 2.08. The van der Waals surface area contributed by atoms with Crippen molar-refractivity contribution in [3.05, 3.63) is 0 Å². The van der Waals surface area contributed by atoms with Crippen molar-refractivity contribution < 1.29 is 14.3 Å². The largest absolute Gasteiger partial charge is 0.382 e. The molecule has 1 unspecified atom stereocenters. The van der Waals surface area contributed by atoms with Gasteiger partial charge in [0.2, 0.25) is 5.91 Å². The Hall–Kier alpha value is -0.650. The van der Waals surface area contributed by atoms with E-state index < -0.39 is 0 Å². The minimum atomic E-state index is 0.0572. The van der Waals surface area contributed by atoms with E-state index in [9.17, 15) is 4.79 Å². The lowest BCUT2D eigenvalue weighted by atomic mass is 10.2. The highest BCUT2D eigenvalue weighted by atomic mass is 16.5. The number of nitrogens with zero attached hydrogens (tertiary/aromatic N) is 2. The van der Waals surface area contributed by atoms with Crippen molar-refractivity contribution in [2.75, 3.05) is 47.1 Å². The third kappa shape index (κ3) is 4.26. The van der Waals surface area contributed by atoms with Crippen molar-refractivity contribution in [2.24, 2.45) is 0 Å². The minimum absolute atomic E-state index is 0.0572. The Morgan fingerprint density at radius 3 is 2.88 bits per heavy atom. The zero-order valence-corrected chi connectivity index (χ0v) is 11.3. The molecule has 1 fully saturated rings. The maximum Gasteiger partial charge on any atom is 0.237 e. The van der Waals surface area contributed by atoms with Gasteiger partial charge in [0.15, 0.2) is 0 Å². The molecule has 0 aliphatic carbocycles. The number of hydrogen-bond donors (Lipinski definition) is 0. The van der Waals surface area contributed by atoms with Crippen LogP contribution in [0.4, 0.5) is 0 Å². The van der Waals surface area contributed by atoms with Gasteiger partial charge in [-0.1, -0.05) is 0 Å². The number of ether oxygens (including phenoxy) is 2. The fraction of sp³-hybridized carbons (Fsp3) is 0.917. The number of carbonyl (C=O) groups is 1. The molecular weight excluding hydrogens is 220 g/mol. The van der Waals surface area contributed by atoms with Gasteiger partial charge >= 0.3 is 0 Å². The lowest BCUT2D eigenvalue weighted by Crippen LogP contribution is -2.53. The van der Waals surface area contributed by atoms with E-state index >= 15 is 0 Å². The van der Waals surface area contributed by atoms with Crippen LogP contribution >= 0.6 is 0 Å². The average Bonchev–Trinajstić information content (AvgIpc) is 2.29. The molecule has 0 aromatic carbocycles. The van der Waals surface area contributed by atoms with Crippen LogP contribution < -0.4 is 0 Å². The van der Waals surface area contributed by atoms with Gasteiger partial charge in [-0.15, -0.1) is 0 Å². The van der Waals surface area contributed by atoms with E-state index in [-0.39, 0.29) is 11.9 Å². The van der Waals surface area contributed by atoms with Gasteiger partial charge < -0.3 is 14.4 Å². The predicted molar refractivity (Wildman–Crippen MR) is 66.0 cm³/mol. The standard InChI is InChI=1S/C12H24N2O3/c1-10(2)13(3)7-12(15)14-5-6-17-9-11(14)8-16-4/h10-11H,5-9H2,1-4H3. The third-order valence-electron chi connectivity index (χ3n) is 3.17. The summed E-state index contributed by atoms with van der Waals surface area (Å²) in [5.41, 5.74) is 0. The number of morpholine rings is 1. The first kappa shape index (κ1) is 14.4. The van der Waals surface area contributed by atoms with E-state index in [0.717, 1.165) is 0 Å². The topological polar surface area (TPSA) is 42.0 Å². The maximum absolute atomic E-state index is 12.2. The van der Waals surface area contributed by atoms with Crippen LogP contribution in [-0.2, 0) is 14.3 Å². The number of amides is 1. The second kappa shape index (κ2) is 6.93. The summed E-state index contributed by atoms with van der Waals surface area (Å²) in [6, 6.07) is 0.433. The van der Waals surface area contributed by atoms with E-state index in [1.54, 1.807) is 7.11 Å². The highest BCUT2D eigenvalue weighted by Gasteiger charge is 2.27. The molecule has 0 aromatic rings. The first-order valence-electron chi connectivity index (χ1n) is 6.12. The van der Waals surface area contributed by atoms with Crippen LogP contribution in [0.15, 0.2) is 0 Å². The van der Waals surface area contributed by atoms with Gasteiger partial charge in [-0.3, -0.25) is 9.69 Å². The summed E-state index contributed by atoms with van der Waals surface area (Å²) in [5, 5.41) is 0. The molecule has 5 nitrogen and oxygen atoms in total. The quantitative estimate of drug-likeness (QED) is 0.693. The molecule has 1 heterocycles. The summed E-state index contributed by atoms with van der Waals surface area (Å²) < 4.78 is 10.5. The Morgan fingerprint density at radius 1 is 1.59 bits per heavy atom. The van der Waals surface area contributed by atoms with Gasteiger partial charge in [-0.05, 0) is 20.9 Å². The van der Waals surface area contributed by atoms with E-state index in [0.29, 0.717) is 39.0 Å². The number of hydrogen-bond acceptors (Lipinski definition) is 4. The molecule has 17 heavy (non-hydrogen) atoms. The van der Waals surface area contributed by atoms with Crippen LogP contribution in [-0.4, -0.2) is 74.9 Å². The number of rotatable bonds is 5. The molecule has 0 N–H and O–H groups in total. The fourth-order valence-electron chi connectivity index (χ4n) is 1.80. The Kier molecular flexibility index (Phi) is 5.88. The molecular formula is C12H24N2O3. The molecule has 1 aliphatic heterocycles. The second-order valence-electron chi connectivity index (χ2n) is 4.78. The summed E-state index contributed by atoms with van der Waals surface area (Å²) >= 11 is 0. The second-order valence-corrected chi connectivity index (χ2v) is 4.78. The van der Waals surface area contributed by atoms with Crippen molar-refractivity contribution in [1.29, 1.82) is 0 Å². The van der Waals surface area contributed by atoms with Crippen molar-refractivity contribution >= 4 is 5.91 Å². The SMILES string of the molecule is COCC1COCCN1C(=O)CN(C)C(C)C. The van der Waals surface area contributed by atoms with Crippen LogP contribution in [0.1, 0.15) is 13.8 Å². The Labute approximate surface area is 104 Å². The summed E-state index contributed by atoms with van der Waals surface area (Å²) in [6.45, 7) is 7.02. The summed E-state index contributed by atoms with van der Waals surface area (Å²) in [5.74, 6) is 0.159.